The van der Waals surface area contributed by atoms with Crippen LogP contribution in [0.4, 0.5) is 9.18 Å². The van der Waals surface area contributed by atoms with Crippen LogP contribution in [0.1, 0.15) is 20.8 Å². The number of likely N-dealkylation sites (tertiary alicyclic amines) is 1. The van der Waals surface area contributed by atoms with Crippen molar-refractivity contribution in [3.63, 3.8) is 0 Å². The third kappa shape index (κ3) is 4.29. The highest BCUT2D eigenvalue weighted by Crippen LogP contribution is 2.20. The van der Waals surface area contributed by atoms with Crippen LogP contribution >= 0.6 is 0 Å². The van der Waals surface area contributed by atoms with Crippen LogP contribution in [0.15, 0.2) is 18.5 Å². The second-order valence-electron chi connectivity index (χ2n) is 6.04. The van der Waals surface area contributed by atoms with Crippen molar-refractivity contribution in [1.29, 1.82) is 0 Å². The smallest absolute Gasteiger partial charge is 0.410 e. The summed E-state index contributed by atoms with van der Waals surface area (Å²) in [5, 5.41) is 0. The van der Waals surface area contributed by atoms with E-state index in [4.69, 9.17) is 15.2 Å². The monoisotopic (exact) mass is 297 g/mol. The largest absolute Gasteiger partial charge is 0.485 e. The zero-order valence-corrected chi connectivity index (χ0v) is 12.4. The van der Waals surface area contributed by atoms with Crippen molar-refractivity contribution in [1.82, 2.24) is 9.88 Å². The Morgan fingerprint density at radius 1 is 1.43 bits per heavy atom. The second kappa shape index (κ2) is 5.85. The highest BCUT2D eigenvalue weighted by molar-refractivity contribution is 5.68. The van der Waals surface area contributed by atoms with Crippen molar-refractivity contribution in [2.75, 3.05) is 13.1 Å². The van der Waals surface area contributed by atoms with Gasteiger partial charge in [0.05, 0.1) is 25.0 Å². The summed E-state index contributed by atoms with van der Waals surface area (Å²) in [6.45, 7) is 6.03. The normalized spacial score (nSPS) is 22.2. The SMILES string of the molecule is CC(C)(C)OC(=O)N1CC(N)[C@@H](Oc2cncc(F)c2)C1. The van der Waals surface area contributed by atoms with Gasteiger partial charge in [-0.25, -0.2) is 9.18 Å². The van der Waals surface area contributed by atoms with Crippen LogP contribution in [0.25, 0.3) is 0 Å². The van der Waals surface area contributed by atoms with Crippen molar-refractivity contribution in [2.24, 2.45) is 5.73 Å². The molecule has 0 spiro atoms. The topological polar surface area (TPSA) is 77.7 Å². The molecule has 1 fully saturated rings. The molecule has 2 atom stereocenters. The van der Waals surface area contributed by atoms with Gasteiger partial charge >= 0.3 is 6.09 Å². The van der Waals surface area contributed by atoms with E-state index >= 15 is 0 Å². The molecule has 1 aliphatic heterocycles. The van der Waals surface area contributed by atoms with E-state index in [0.717, 1.165) is 6.20 Å². The van der Waals surface area contributed by atoms with Gasteiger partial charge in [-0.05, 0) is 20.8 Å². The van der Waals surface area contributed by atoms with E-state index in [1.165, 1.54) is 17.2 Å². The van der Waals surface area contributed by atoms with Gasteiger partial charge in [-0.2, -0.15) is 0 Å². The summed E-state index contributed by atoms with van der Waals surface area (Å²) in [5.41, 5.74) is 5.41. The summed E-state index contributed by atoms with van der Waals surface area (Å²) in [7, 11) is 0. The fourth-order valence-corrected chi connectivity index (χ4v) is 2.03. The van der Waals surface area contributed by atoms with Crippen molar-refractivity contribution in [3.8, 4) is 5.75 Å². The quantitative estimate of drug-likeness (QED) is 0.896. The molecular formula is C14H20FN3O3. The Hall–Kier alpha value is -1.89. The molecule has 2 rings (SSSR count). The van der Waals surface area contributed by atoms with E-state index in [0.29, 0.717) is 18.8 Å². The van der Waals surface area contributed by atoms with Crippen molar-refractivity contribution < 1.29 is 18.7 Å². The molecule has 0 aromatic carbocycles. The number of carbonyl (C=O) groups is 1. The van der Waals surface area contributed by atoms with Crippen LogP contribution in [0.3, 0.4) is 0 Å². The first-order valence-electron chi connectivity index (χ1n) is 6.75. The minimum absolute atomic E-state index is 0.293. The maximum atomic E-state index is 13.1. The molecule has 1 aromatic heterocycles. The van der Waals surface area contributed by atoms with Crippen LogP contribution < -0.4 is 10.5 Å². The molecule has 2 heterocycles. The van der Waals surface area contributed by atoms with Crippen molar-refractivity contribution in [2.45, 2.75) is 38.5 Å². The average molecular weight is 297 g/mol. The van der Waals surface area contributed by atoms with E-state index in [1.807, 2.05) is 0 Å². The number of halogens is 1. The second-order valence-corrected chi connectivity index (χ2v) is 6.04. The van der Waals surface area contributed by atoms with Gasteiger partial charge in [-0.3, -0.25) is 4.98 Å². The summed E-state index contributed by atoms with van der Waals surface area (Å²) < 4.78 is 24.0. The van der Waals surface area contributed by atoms with Crippen molar-refractivity contribution >= 4 is 6.09 Å². The highest BCUT2D eigenvalue weighted by Gasteiger charge is 2.36. The third-order valence-corrected chi connectivity index (χ3v) is 2.93. The molecule has 2 N–H and O–H groups in total. The molecule has 0 saturated carbocycles. The molecule has 0 radical (unpaired) electrons. The molecule has 116 valence electrons. The number of nitrogens with zero attached hydrogens (tertiary/aromatic N) is 2. The van der Waals surface area contributed by atoms with Crippen LogP contribution in [0.5, 0.6) is 5.75 Å². The molecule has 0 aliphatic carbocycles. The summed E-state index contributed by atoms with van der Waals surface area (Å²) in [6, 6.07) is 0.872. The number of pyridine rings is 1. The summed E-state index contributed by atoms with van der Waals surface area (Å²) in [6.07, 6.45) is 1.66. The lowest BCUT2D eigenvalue weighted by Crippen LogP contribution is -2.37. The Morgan fingerprint density at radius 2 is 2.14 bits per heavy atom. The first-order valence-corrected chi connectivity index (χ1v) is 6.75. The number of hydrogen-bond donors (Lipinski definition) is 1. The lowest BCUT2D eigenvalue weighted by molar-refractivity contribution is 0.0275. The van der Waals surface area contributed by atoms with Gasteiger partial charge in [0.15, 0.2) is 0 Å². The molecule has 1 unspecified atom stereocenters. The predicted octanol–water partition coefficient (Wildman–Crippen LogP) is 1.55. The highest BCUT2D eigenvalue weighted by atomic mass is 19.1. The fraction of sp³-hybridized carbons (Fsp3) is 0.571. The molecule has 7 heteroatoms. The standard InChI is InChI=1S/C14H20FN3O3/c1-14(2,3)21-13(19)18-7-11(16)12(8-18)20-10-4-9(15)5-17-6-10/h4-6,11-12H,7-8,16H2,1-3H3/t11?,12-/m0/s1. The Morgan fingerprint density at radius 3 is 2.76 bits per heavy atom. The van der Waals surface area contributed by atoms with Crippen LogP contribution in [-0.2, 0) is 4.74 Å². The van der Waals surface area contributed by atoms with Gasteiger partial charge in [0.2, 0.25) is 0 Å². The van der Waals surface area contributed by atoms with Gasteiger partial charge in [-0.15, -0.1) is 0 Å². The Balaban J connectivity index is 1.96. The molecule has 1 aliphatic rings. The number of nitrogens with two attached hydrogens (primary N) is 1. The van der Waals surface area contributed by atoms with E-state index in [9.17, 15) is 9.18 Å². The number of amides is 1. The minimum atomic E-state index is -0.563. The lowest BCUT2D eigenvalue weighted by atomic mass is 10.2. The zero-order chi connectivity index (χ0) is 15.6. The molecule has 1 saturated heterocycles. The van der Waals surface area contributed by atoms with Crippen LogP contribution in [-0.4, -0.2) is 46.8 Å². The summed E-state index contributed by atoms with van der Waals surface area (Å²) in [4.78, 5) is 17.2. The number of hydrogen-bond acceptors (Lipinski definition) is 5. The van der Waals surface area contributed by atoms with E-state index < -0.39 is 23.6 Å². The van der Waals surface area contributed by atoms with E-state index in [1.54, 1.807) is 20.8 Å². The van der Waals surface area contributed by atoms with E-state index in [2.05, 4.69) is 4.98 Å². The molecular weight excluding hydrogens is 277 g/mol. The maximum absolute atomic E-state index is 13.1. The molecule has 6 nitrogen and oxygen atoms in total. The third-order valence-electron chi connectivity index (χ3n) is 2.93. The first-order chi connectivity index (χ1) is 9.74. The van der Waals surface area contributed by atoms with Gasteiger partial charge in [0.1, 0.15) is 23.3 Å². The Labute approximate surface area is 123 Å². The fourth-order valence-electron chi connectivity index (χ4n) is 2.03. The zero-order valence-electron chi connectivity index (χ0n) is 12.4. The Kier molecular flexibility index (Phi) is 4.32. The number of ether oxygens (including phenoxy) is 2. The van der Waals surface area contributed by atoms with Crippen LogP contribution in [0.2, 0.25) is 0 Å². The molecule has 1 aromatic rings. The first kappa shape index (κ1) is 15.5. The average Bonchev–Trinajstić information content (AvgIpc) is 2.69. The van der Waals surface area contributed by atoms with E-state index in [-0.39, 0.29) is 6.04 Å². The number of aromatic nitrogens is 1. The minimum Gasteiger partial charge on any atom is -0.485 e. The Bertz CT molecular complexity index is 518. The molecule has 21 heavy (non-hydrogen) atoms. The predicted molar refractivity (Wildman–Crippen MR) is 74.4 cm³/mol. The van der Waals surface area contributed by atoms with Crippen molar-refractivity contribution in [3.05, 3.63) is 24.3 Å². The van der Waals surface area contributed by atoms with Gasteiger partial charge in [0.25, 0.3) is 0 Å². The number of carbonyl (C=O) groups excluding carboxylic acids is 1. The number of rotatable bonds is 2. The molecule has 1 amide bonds. The van der Waals surface area contributed by atoms with Crippen LogP contribution in [0, 0.1) is 5.82 Å². The maximum Gasteiger partial charge on any atom is 0.410 e. The van der Waals surface area contributed by atoms with Gasteiger partial charge in [0, 0.05) is 12.6 Å². The van der Waals surface area contributed by atoms with Gasteiger partial charge < -0.3 is 20.1 Å². The molecule has 0 bridgehead atoms. The summed E-state index contributed by atoms with van der Waals surface area (Å²) >= 11 is 0. The van der Waals surface area contributed by atoms with Gasteiger partial charge in [-0.1, -0.05) is 0 Å². The summed E-state index contributed by atoms with van der Waals surface area (Å²) in [5.74, 6) is -0.190. The lowest BCUT2D eigenvalue weighted by Gasteiger charge is -2.24.